The van der Waals surface area contributed by atoms with E-state index >= 15 is 0 Å². The number of anilines is 2. The number of carboxylic acids is 1. The van der Waals surface area contributed by atoms with Crippen LogP contribution in [0.2, 0.25) is 0 Å². The Morgan fingerprint density at radius 1 is 0.657 bits per heavy atom. The maximum atomic E-state index is 13.1. The van der Waals surface area contributed by atoms with Crippen molar-refractivity contribution in [3.05, 3.63) is 93.5 Å². The van der Waals surface area contributed by atoms with Gasteiger partial charge in [0.05, 0.1) is 39.2 Å². The number of hydrogen-bond donors (Lipinski definition) is 1. The molecule has 0 spiro atoms. The van der Waals surface area contributed by atoms with Crippen LogP contribution in [0.15, 0.2) is 54.6 Å². The van der Waals surface area contributed by atoms with Crippen LogP contribution >= 0.6 is 0 Å². The van der Waals surface area contributed by atoms with Crippen molar-refractivity contribution in [2.24, 2.45) is 0 Å². The van der Waals surface area contributed by atoms with Crippen LogP contribution in [0.3, 0.4) is 0 Å². The van der Waals surface area contributed by atoms with E-state index in [0.717, 1.165) is 17.0 Å². The number of imide groups is 2. The molecule has 0 bridgehead atoms. The lowest BCUT2D eigenvalue weighted by atomic mass is 10.1. The molecule has 4 amide bonds. The molecule has 0 radical (unpaired) electrons. The highest BCUT2D eigenvalue weighted by atomic mass is 16.4. The quantitative estimate of drug-likeness (QED) is 0.475. The Bertz CT molecular complexity index is 1640. The van der Waals surface area contributed by atoms with Gasteiger partial charge in [0.2, 0.25) is 0 Å². The first-order valence-electron chi connectivity index (χ1n) is 10.1. The first kappa shape index (κ1) is 21.4. The minimum absolute atomic E-state index is 0.0145. The number of benzene rings is 3. The van der Waals surface area contributed by atoms with Crippen LogP contribution in [0.4, 0.5) is 11.4 Å². The van der Waals surface area contributed by atoms with Crippen LogP contribution < -0.4 is 9.80 Å². The normalized spacial score (nSPS) is 14.0. The molecule has 2 aliphatic heterocycles. The number of hydrogen-bond acceptors (Lipinski definition) is 5. The lowest BCUT2D eigenvalue weighted by molar-refractivity contribution is 0.0697. The fraction of sp³-hybridized carbons (Fsp3) is 0. The van der Waals surface area contributed by atoms with Crippen LogP contribution in [0.5, 0.6) is 0 Å². The molecule has 1 N–H and O–H groups in total. The van der Waals surface area contributed by atoms with Gasteiger partial charge in [0.25, 0.3) is 23.6 Å². The molecule has 0 fully saturated rings. The molecule has 0 saturated heterocycles. The molecule has 8 nitrogen and oxygen atoms in total. The monoisotopic (exact) mass is 460 g/mol. The molecular weight excluding hydrogens is 448 g/mol. The molecule has 8 heteroatoms. The van der Waals surface area contributed by atoms with Gasteiger partial charge in [-0.3, -0.25) is 19.2 Å². The molecule has 0 saturated carbocycles. The van der Waals surface area contributed by atoms with Crippen molar-refractivity contribution in [2.75, 3.05) is 9.80 Å². The molecule has 2 heterocycles. The van der Waals surface area contributed by atoms with E-state index in [-0.39, 0.29) is 39.2 Å². The Morgan fingerprint density at radius 2 is 1.14 bits per heavy atom. The minimum atomic E-state index is -1.41. The van der Waals surface area contributed by atoms with Crippen molar-refractivity contribution in [1.29, 1.82) is 0 Å². The van der Waals surface area contributed by atoms with Crippen molar-refractivity contribution in [2.45, 2.75) is 0 Å². The van der Waals surface area contributed by atoms with Gasteiger partial charge in [-0.2, -0.15) is 0 Å². The average molecular weight is 460 g/mol. The molecule has 0 aliphatic carbocycles. The number of aromatic carboxylic acids is 1. The van der Waals surface area contributed by atoms with Crippen molar-refractivity contribution < 1.29 is 29.1 Å². The van der Waals surface area contributed by atoms with Crippen molar-refractivity contribution in [3.8, 4) is 24.7 Å². The first-order chi connectivity index (χ1) is 16.8. The highest BCUT2D eigenvalue weighted by Crippen LogP contribution is 2.36. The maximum Gasteiger partial charge on any atom is 0.337 e. The van der Waals surface area contributed by atoms with Gasteiger partial charge in [-0.25, -0.2) is 14.6 Å². The summed E-state index contributed by atoms with van der Waals surface area (Å²) >= 11 is 0. The van der Waals surface area contributed by atoms with Crippen LogP contribution in [0, 0.1) is 24.7 Å². The maximum absolute atomic E-state index is 13.1. The predicted octanol–water partition coefficient (Wildman–Crippen LogP) is 2.95. The molecule has 3 aromatic carbocycles. The Balaban J connectivity index is 1.63. The van der Waals surface area contributed by atoms with Gasteiger partial charge in [-0.05, 0) is 54.6 Å². The second-order valence-electron chi connectivity index (χ2n) is 7.71. The van der Waals surface area contributed by atoms with Gasteiger partial charge >= 0.3 is 5.97 Å². The molecule has 35 heavy (non-hydrogen) atoms. The third kappa shape index (κ3) is 3.02. The van der Waals surface area contributed by atoms with Gasteiger partial charge in [0.1, 0.15) is 0 Å². The molecule has 0 atom stereocenters. The molecule has 3 aromatic rings. The fourth-order valence-electron chi connectivity index (χ4n) is 4.14. The Kier molecular flexibility index (Phi) is 4.61. The van der Waals surface area contributed by atoms with Gasteiger partial charge in [0.15, 0.2) is 0 Å². The van der Waals surface area contributed by atoms with E-state index < -0.39 is 29.6 Å². The number of terminal acetylenes is 2. The van der Waals surface area contributed by atoms with Crippen LogP contribution in [-0.2, 0) is 0 Å². The SMILES string of the molecule is C#Cc1ccc2c(c1)C(=O)N(c1ccc(C(=O)O)c(N3C(=O)c4ccc(C#C)cc4C3=O)c1)C2=O. The number of nitrogens with zero attached hydrogens (tertiary/aromatic N) is 2. The van der Waals surface area contributed by atoms with Gasteiger partial charge in [-0.15, -0.1) is 12.8 Å². The van der Waals surface area contributed by atoms with E-state index in [2.05, 4.69) is 11.8 Å². The molecule has 2 aliphatic rings. The molecular formula is C27H12N2O6. The largest absolute Gasteiger partial charge is 0.478 e. The zero-order chi connectivity index (χ0) is 25.0. The zero-order valence-electron chi connectivity index (χ0n) is 17.7. The highest BCUT2D eigenvalue weighted by Gasteiger charge is 2.41. The van der Waals surface area contributed by atoms with E-state index in [1.165, 1.54) is 42.5 Å². The third-order valence-corrected chi connectivity index (χ3v) is 5.82. The summed E-state index contributed by atoms with van der Waals surface area (Å²) in [6.07, 6.45) is 10.8. The number of carbonyl (C=O) groups is 5. The summed E-state index contributed by atoms with van der Waals surface area (Å²) in [4.78, 5) is 65.8. The number of carbonyl (C=O) groups excluding carboxylic acids is 4. The van der Waals surface area contributed by atoms with Crippen molar-refractivity contribution in [3.63, 3.8) is 0 Å². The molecule has 0 unspecified atom stereocenters. The predicted molar refractivity (Wildman–Crippen MR) is 124 cm³/mol. The fourth-order valence-corrected chi connectivity index (χ4v) is 4.14. The van der Waals surface area contributed by atoms with E-state index in [0.29, 0.717) is 16.0 Å². The van der Waals surface area contributed by atoms with E-state index in [4.69, 9.17) is 12.8 Å². The molecule has 5 rings (SSSR count). The van der Waals surface area contributed by atoms with Gasteiger partial charge in [0, 0.05) is 11.1 Å². The van der Waals surface area contributed by atoms with Gasteiger partial charge < -0.3 is 5.11 Å². The second-order valence-corrected chi connectivity index (χ2v) is 7.71. The van der Waals surface area contributed by atoms with E-state index in [9.17, 15) is 29.1 Å². The Hall–Kier alpha value is -5.47. The zero-order valence-corrected chi connectivity index (χ0v) is 17.7. The number of rotatable bonds is 3. The average Bonchev–Trinajstić information content (AvgIpc) is 3.26. The Labute approximate surface area is 198 Å². The molecule has 166 valence electrons. The van der Waals surface area contributed by atoms with Crippen LogP contribution in [0.25, 0.3) is 0 Å². The van der Waals surface area contributed by atoms with Crippen LogP contribution in [-0.4, -0.2) is 34.7 Å². The topological polar surface area (TPSA) is 112 Å². The summed E-state index contributed by atoms with van der Waals surface area (Å²) in [5.74, 6) is 0.519. The van der Waals surface area contributed by atoms with Crippen molar-refractivity contribution >= 4 is 41.0 Å². The summed E-state index contributed by atoms with van der Waals surface area (Å²) in [7, 11) is 0. The van der Waals surface area contributed by atoms with Crippen molar-refractivity contribution in [1.82, 2.24) is 0 Å². The Morgan fingerprint density at radius 3 is 1.66 bits per heavy atom. The van der Waals surface area contributed by atoms with E-state index in [1.807, 2.05) is 0 Å². The van der Waals surface area contributed by atoms with Gasteiger partial charge in [-0.1, -0.05) is 11.8 Å². The molecule has 0 aromatic heterocycles. The summed E-state index contributed by atoms with van der Waals surface area (Å²) in [6.45, 7) is 0. The summed E-state index contributed by atoms with van der Waals surface area (Å²) < 4.78 is 0. The summed E-state index contributed by atoms with van der Waals surface area (Å²) in [5.41, 5.74) is 0.406. The second kappa shape index (κ2) is 7.55. The minimum Gasteiger partial charge on any atom is -0.478 e. The first-order valence-corrected chi connectivity index (χ1v) is 10.1. The highest BCUT2D eigenvalue weighted by molar-refractivity contribution is 6.37. The third-order valence-electron chi connectivity index (χ3n) is 5.82. The van der Waals surface area contributed by atoms with E-state index in [1.54, 1.807) is 0 Å². The lowest BCUT2D eigenvalue weighted by Gasteiger charge is -2.20. The lowest BCUT2D eigenvalue weighted by Crippen LogP contribution is -2.33. The number of fused-ring (bicyclic) bond motifs is 2. The standard InChI is InChI=1S/C27H12N2O6/c1-3-14-5-8-17-20(11-14)25(32)28(23(17)30)16-7-10-19(27(34)35)22(13-16)29-24(31)18-9-6-15(4-2)12-21(18)26(29)33/h1-2,5-13H,(H,34,35). The number of amides is 4. The summed E-state index contributed by atoms with van der Waals surface area (Å²) in [6, 6.07) is 12.2. The van der Waals surface area contributed by atoms with Crippen LogP contribution in [0.1, 0.15) is 62.9 Å². The number of carboxylic acid groups (broad SMARTS) is 1. The summed E-state index contributed by atoms with van der Waals surface area (Å²) in [5, 5.41) is 9.72. The smallest absolute Gasteiger partial charge is 0.337 e.